The van der Waals surface area contributed by atoms with Gasteiger partial charge in [-0.3, -0.25) is 4.72 Å². The molecule has 6 heteroatoms. The molecule has 0 atom stereocenters. The summed E-state index contributed by atoms with van der Waals surface area (Å²) in [5.74, 6) is -0.427. The zero-order valence-electron chi connectivity index (χ0n) is 11.1. The summed E-state index contributed by atoms with van der Waals surface area (Å²) in [6.45, 7) is 3.51. The first-order valence-electron chi connectivity index (χ1n) is 5.95. The Morgan fingerprint density at radius 3 is 2.30 bits per heavy atom. The fourth-order valence-corrected chi connectivity index (χ4v) is 3.27. The zero-order chi connectivity index (χ0) is 14.9. The van der Waals surface area contributed by atoms with Crippen LogP contribution in [0.5, 0.6) is 0 Å². The smallest absolute Gasteiger partial charge is 0.262 e. The van der Waals surface area contributed by atoms with E-state index < -0.39 is 15.8 Å². The molecule has 2 aromatic carbocycles. The van der Waals surface area contributed by atoms with Crippen LogP contribution in [0, 0.1) is 19.7 Å². The zero-order valence-corrected chi connectivity index (χ0v) is 12.0. The van der Waals surface area contributed by atoms with Crippen LogP contribution in [-0.2, 0) is 10.0 Å². The predicted octanol–water partition coefficient (Wildman–Crippen LogP) is 2.83. The molecule has 106 valence electrons. The largest absolute Gasteiger partial charge is 0.399 e. The molecule has 0 unspecified atom stereocenters. The Morgan fingerprint density at radius 2 is 1.70 bits per heavy atom. The molecule has 0 radical (unpaired) electrons. The molecule has 0 spiro atoms. The van der Waals surface area contributed by atoms with Crippen LogP contribution in [0.1, 0.15) is 11.1 Å². The Hall–Kier alpha value is -2.08. The Labute approximate surface area is 117 Å². The fraction of sp³-hybridized carbons (Fsp3) is 0.143. The number of nitrogens with two attached hydrogens (primary N) is 1. The van der Waals surface area contributed by atoms with E-state index in [1.807, 2.05) is 0 Å². The van der Waals surface area contributed by atoms with Crippen LogP contribution in [0.25, 0.3) is 0 Å². The predicted molar refractivity (Wildman–Crippen MR) is 77.5 cm³/mol. The van der Waals surface area contributed by atoms with E-state index in [1.54, 1.807) is 19.9 Å². The van der Waals surface area contributed by atoms with Gasteiger partial charge in [0.1, 0.15) is 5.82 Å². The van der Waals surface area contributed by atoms with Crippen molar-refractivity contribution in [3.05, 3.63) is 53.3 Å². The van der Waals surface area contributed by atoms with Crippen molar-refractivity contribution in [1.82, 2.24) is 0 Å². The molecule has 0 aliphatic heterocycles. The number of sulfonamides is 1. The summed E-state index contributed by atoms with van der Waals surface area (Å²) in [6.07, 6.45) is 0. The SMILES string of the molecule is Cc1cc(N)cc(S(=O)(=O)Nc2ccc(F)cc2)c1C. The maximum absolute atomic E-state index is 12.8. The third-order valence-corrected chi connectivity index (χ3v) is 4.54. The average molecular weight is 294 g/mol. The quantitative estimate of drug-likeness (QED) is 0.855. The number of nitrogens with one attached hydrogen (secondary N) is 1. The van der Waals surface area contributed by atoms with Crippen LogP contribution in [0.15, 0.2) is 41.3 Å². The van der Waals surface area contributed by atoms with Crippen molar-refractivity contribution in [2.24, 2.45) is 0 Å². The summed E-state index contributed by atoms with van der Waals surface area (Å²) in [7, 11) is -3.75. The van der Waals surface area contributed by atoms with Crippen molar-refractivity contribution >= 4 is 21.4 Å². The lowest BCUT2D eigenvalue weighted by molar-refractivity contribution is 0.600. The molecular formula is C14H15FN2O2S. The van der Waals surface area contributed by atoms with Gasteiger partial charge in [0.25, 0.3) is 10.0 Å². The normalized spacial score (nSPS) is 11.3. The average Bonchev–Trinajstić information content (AvgIpc) is 2.36. The van der Waals surface area contributed by atoms with Gasteiger partial charge in [0.05, 0.1) is 4.90 Å². The molecule has 2 rings (SSSR count). The lowest BCUT2D eigenvalue weighted by atomic mass is 10.1. The molecule has 0 aliphatic carbocycles. The molecule has 3 N–H and O–H groups in total. The second-order valence-electron chi connectivity index (χ2n) is 4.57. The first-order valence-corrected chi connectivity index (χ1v) is 7.43. The van der Waals surface area contributed by atoms with E-state index in [0.717, 1.165) is 5.56 Å². The number of hydrogen-bond donors (Lipinski definition) is 2. The van der Waals surface area contributed by atoms with E-state index in [1.165, 1.54) is 30.3 Å². The second-order valence-corrected chi connectivity index (χ2v) is 6.22. The van der Waals surface area contributed by atoms with Crippen molar-refractivity contribution in [1.29, 1.82) is 0 Å². The van der Waals surface area contributed by atoms with Crippen LogP contribution >= 0.6 is 0 Å². The minimum Gasteiger partial charge on any atom is -0.399 e. The molecule has 0 saturated heterocycles. The highest BCUT2D eigenvalue weighted by Crippen LogP contribution is 2.24. The first-order chi connectivity index (χ1) is 9.29. The summed E-state index contributed by atoms with van der Waals surface area (Å²) in [6, 6.07) is 8.23. The number of rotatable bonds is 3. The van der Waals surface area contributed by atoms with Gasteiger partial charge in [-0.1, -0.05) is 0 Å². The van der Waals surface area contributed by atoms with Crippen LogP contribution < -0.4 is 10.5 Å². The van der Waals surface area contributed by atoms with Crippen molar-refractivity contribution < 1.29 is 12.8 Å². The summed E-state index contributed by atoms with van der Waals surface area (Å²) in [5.41, 5.74) is 7.80. The second kappa shape index (κ2) is 5.13. The number of nitrogen functional groups attached to an aromatic ring is 1. The maximum atomic E-state index is 12.8. The summed E-state index contributed by atoms with van der Waals surface area (Å²) in [4.78, 5) is 0.124. The van der Waals surface area contributed by atoms with E-state index in [9.17, 15) is 12.8 Å². The molecule has 0 bridgehead atoms. The van der Waals surface area contributed by atoms with Crippen molar-refractivity contribution in [3.63, 3.8) is 0 Å². The third-order valence-electron chi connectivity index (χ3n) is 3.03. The van der Waals surface area contributed by atoms with Crippen LogP contribution in [0.2, 0.25) is 0 Å². The standard InChI is InChI=1S/C14H15FN2O2S/c1-9-7-12(16)8-14(10(9)2)20(18,19)17-13-5-3-11(15)4-6-13/h3-8,17H,16H2,1-2H3. The lowest BCUT2D eigenvalue weighted by Gasteiger charge is -2.13. The molecule has 2 aromatic rings. The number of benzene rings is 2. The third kappa shape index (κ3) is 2.91. The van der Waals surface area contributed by atoms with Gasteiger partial charge in [-0.25, -0.2) is 12.8 Å². The fourth-order valence-electron chi connectivity index (χ4n) is 1.86. The number of halogens is 1. The van der Waals surface area contributed by atoms with Gasteiger partial charge in [0.2, 0.25) is 0 Å². The molecule has 0 saturated carbocycles. The Balaban J connectivity index is 2.43. The van der Waals surface area contributed by atoms with Gasteiger partial charge in [-0.05, 0) is 61.4 Å². The van der Waals surface area contributed by atoms with E-state index in [0.29, 0.717) is 16.9 Å². The van der Waals surface area contributed by atoms with Crippen LogP contribution in [-0.4, -0.2) is 8.42 Å². The topological polar surface area (TPSA) is 72.2 Å². The molecule has 0 heterocycles. The number of aryl methyl sites for hydroxylation is 1. The van der Waals surface area contributed by atoms with Gasteiger partial charge < -0.3 is 5.73 Å². The number of anilines is 2. The summed E-state index contributed by atoms with van der Waals surface area (Å²) in [5, 5.41) is 0. The molecular weight excluding hydrogens is 279 g/mol. The Morgan fingerprint density at radius 1 is 1.10 bits per heavy atom. The molecule has 0 aromatic heterocycles. The number of hydrogen-bond acceptors (Lipinski definition) is 3. The van der Waals surface area contributed by atoms with Gasteiger partial charge >= 0.3 is 0 Å². The highest BCUT2D eigenvalue weighted by Gasteiger charge is 2.18. The van der Waals surface area contributed by atoms with Crippen LogP contribution in [0.3, 0.4) is 0 Å². The monoisotopic (exact) mass is 294 g/mol. The van der Waals surface area contributed by atoms with Crippen molar-refractivity contribution in [2.45, 2.75) is 18.7 Å². The lowest BCUT2D eigenvalue weighted by Crippen LogP contribution is -2.15. The minimum atomic E-state index is -3.75. The van der Waals surface area contributed by atoms with Gasteiger partial charge in [0.15, 0.2) is 0 Å². The maximum Gasteiger partial charge on any atom is 0.262 e. The van der Waals surface area contributed by atoms with Crippen molar-refractivity contribution in [2.75, 3.05) is 10.5 Å². The summed E-state index contributed by atoms with van der Waals surface area (Å²) < 4.78 is 39.9. The van der Waals surface area contributed by atoms with E-state index in [-0.39, 0.29) is 4.90 Å². The molecule has 0 fully saturated rings. The molecule has 20 heavy (non-hydrogen) atoms. The molecule has 0 aliphatic rings. The first kappa shape index (κ1) is 14.3. The van der Waals surface area contributed by atoms with E-state index in [2.05, 4.69) is 4.72 Å². The van der Waals surface area contributed by atoms with Gasteiger partial charge in [0, 0.05) is 11.4 Å². The van der Waals surface area contributed by atoms with Crippen molar-refractivity contribution in [3.8, 4) is 0 Å². The van der Waals surface area contributed by atoms with Crippen LogP contribution in [0.4, 0.5) is 15.8 Å². The highest BCUT2D eigenvalue weighted by atomic mass is 32.2. The van der Waals surface area contributed by atoms with Gasteiger partial charge in [-0.2, -0.15) is 0 Å². The molecule has 0 amide bonds. The van der Waals surface area contributed by atoms with E-state index in [4.69, 9.17) is 5.73 Å². The summed E-state index contributed by atoms with van der Waals surface area (Å²) >= 11 is 0. The van der Waals surface area contributed by atoms with Gasteiger partial charge in [-0.15, -0.1) is 0 Å². The Bertz CT molecular complexity index is 741. The van der Waals surface area contributed by atoms with E-state index >= 15 is 0 Å². The molecule has 4 nitrogen and oxygen atoms in total. The Kier molecular flexibility index (Phi) is 3.67. The highest BCUT2D eigenvalue weighted by molar-refractivity contribution is 7.92. The minimum absolute atomic E-state index is 0.124.